The third-order valence-electron chi connectivity index (χ3n) is 4.32. The van der Waals surface area contributed by atoms with E-state index in [1.165, 1.54) is 0 Å². The molecular formula is C19H23N3O2. The molecule has 0 atom stereocenters. The summed E-state index contributed by atoms with van der Waals surface area (Å²) in [6, 6.07) is 10.1. The molecule has 1 aromatic carbocycles. The number of aromatic nitrogens is 2. The molecule has 0 saturated heterocycles. The van der Waals surface area contributed by atoms with Crippen LogP contribution in [0.25, 0.3) is 16.4 Å². The zero-order valence-corrected chi connectivity index (χ0v) is 14.5. The van der Waals surface area contributed by atoms with Gasteiger partial charge in [0.2, 0.25) is 0 Å². The molecule has 24 heavy (non-hydrogen) atoms. The Bertz CT molecular complexity index is 866. The minimum Gasteiger partial charge on any atom is -0.461 e. The summed E-state index contributed by atoms with van der Waals surface area (Å²) in [6.07, 6.45) is 1.91. The van der Waals surface area contributed by atoms with Gasteiger partial charge in [-0.3, -0.25) is 9.30 Å². The number of esters is 1. The fraction of sp³-hybridized carbons (Fsp3) is 0.368. The second-order valence-electron chi connectivity index (χ2n) is 5.69. The molecule has 0 aliphatic carbocycles. The fourth-order valence-electron chi connectivity index (χ4n) is 3.00. The average Bonchev–Trinajstić information content (AvgIpc) is 2.98. The van der Waals surface area contributed by atoms with E-state index in [9.17, 15) is 4.79 Å². The standard InChI is InChI=1S/C19H23N3O2/c1-4-21(5-2)13-16-17(19(23)24-6-3)22-12-11-14-9-7-8-10-15(14)18(22)20-16/h7-12H,4-6,13H2,1-3H3. The molecule has 0 amide bonds. The Morgan fingerprint density at radius 2 is 1.92 bits per heavy atom. The smallest absolute Gasteiger partial charge is 0.357 e. The van der Waals surface area contributed by atoms with Crippen LogP contribution in [0.4, 0.5) is 0 Å². The lowest BCUT2D eigenvalue weighted by atomic mass is 10.2. The highest BCUT2D eigenvalue weighted by Crippen LogP contribution is 2.23. The van der Waals surface area contributed by atoms with Crippen LogP contribution < -0.4 is 0 Å². The highest BCUT2D eigenvalue weighted by molar-refractivity contribution is 5.97. The Hall–Kier alpha value is -2.40. The topological polar surface area (TPSA) is 46.8 Å². The second kappa shape index (κ2) is 7.01. The zero-order chi connectivity index (χ0) is 17.1. The van der Waals surface area contributed by atoms with Gasteiger partial charge in [0.05, 0.1) is 12.3 Å². The lowest BCUT2D eigenvalue weighted by molar-refractivity contribution is 0.0515. The molecule has 2 aromatic heterocycles. The van der Waals surface area contributed by atoms with Gasteiger partial charge in [-0.1, -0.05) is 38.1 Å². The number of carbonyl (C=O) groups is 1. The normalized spacial score (nSPS) is 11.5. The van der Waals surface area contributed by atoms with Crippen molar-refractivity contribution in [3.8, 4) is 0 Å². The van der Waals surface area contributed by atoms with Gasteiger partial charge in [-0.2, -0.15) is 0 Å². The number of nitrogens with zero attached hydrogens (tertiary/aromatic N) is 3. The van der Waals surface area contributed by atoms with Crippen molar-refractivity contribution >= 4 is 22.4 Å². The first-order chi connectivity index (χ1) is 11.7. The van der Waals surface area contributed by atoms with E-state index in [1.807, 2.05) is 41.8 Å². The molecule has 0 aliphatic rings. The summed E-state index contributed by atoms with van der Waals surface area (Å²) in [5.41, 5.74) is 2.11. The van der Waals surface area contributed by atoms with Crippen LogP contribution in [0.5, 0.6) is 0 Å². The van der Waals surface area contributed by atoms with E-state index in [4.69, 9.17) is 9.72 Å². The van der Waals surface area contributed by atoms with Crippen molar-refractivity contribution in [3.05, 3.63) is 47.9 Å². The summed E-state index contributed by atoms with van der Waals surface area (Å²) in [5, 5.41) is 2.15. The van der Waals surface area contributed by atoms with Crippen molar-refractivity contribution < 1.29 is 9.53 Å². The predicted molar refractivity (Wildman–Crippen MR) is 95.3 cm³/mol. The van der Waals surface area contributed by atoms with Gasteiger partial charge in [0.15, 0.2) is 5.69 Å². The molecule has 3 aromatic rings. The number of hydrogen-bond donors (Lipinski definition) is 0. The molecule has 0 spiro atoms. The fourth-order valence-corrected chi connectivity index (χ4v) is 3.00. The largest absolute Gasteiger partial charge is 0.461 e. The number of ether oxygens (including phenoxy) is 1. The molecule has 5 heteroatoms. The summed E-state index contributed by atoms with van der Waals surface area (Å²) >= 11 is 0. The number of hydrogen-bond acceptors (Lipinski definition) is 4. The van der Waals surface area contributed by atoms with Crippen molar-refractivity contribution in [2.45, 2.75) is 27.3 Å². The average molecular weight is 325 g/mol. The van der Waals surface area contributed by atoms with Crippen molar-refractivity contribution in [1.82, 2.24) is 14.3 Å². The first kappa shape index (κ1) is 16.5. The summed E-state index contributed by atoms with van der Waals surface area (Å²) in [6.45, 7) is 8.85. The minimum absolute atomic E-state index is 0.317. The second-order valence-corrected chi connectivity index (χ2v) is 5.69. The summed E-state index contributed by atoms with van der Waals surface area (Å²) in [7, 11) is 0. The zero-order valence-electron chi connectivity index (χ0n) is 14.5. The molecule has 0 N–H and O–H groups in total. The van der Waals surface area contributed by atoms with E-state index < -0.39 is 0 Å². The highest BCUT2D eigenvalue weighted by Gasteiger charge is 2.22. The molecule has 2 heterocycles. The molecule has 0 saturated carbocycles. The first-order valence-electron chi connectivity index (χ1n) is 8.47. The molecule has 0 aliphatic heterocycles. The summed E-state index contributed by atoms with van der Waals surface area (Å²) < 4.78 is 7.14. The minimum atomic E-state index is -0.317. The van der Waals surface area contributed by atoms with Gasteiger partial charge >= 0.3 is 5.97 Å². The maximum absolute atomic E-state index is 12.5. The number of imidazole rings is 1. The first-order valence-corrected chi connectivity index (χ1v) is 8.47. The van der Waals surface area contributed by atoms with E-state index in [-0.39, 0.29) is 5.97 Å². The molecule has 0 radical (unpaired) electrons. The van der Waals surface area contributed by atoms with Crippen molar-refractivity contribution in [2.24, 2.45) is 0 Å². The van der Waals surface area contributed by atoms with Gasteiger partial charge < -0.3 is 4.74 Å². The van der Waals surface area contributed by atoms with E-state index in [0.29, 0.717) is 18.8 Å². The number of pyridine rings is 1. The van der Waals surface area contributed by atoms with Crippen LogP contribution in [0.1, 0.15) is 37.0 Å². The van der Waals surface area contributed by atoms with Crippen molar-refractivity contribution in [1.29, 1.82) is 0 Å². The molecule has 0 unspecified atom stereocenters. The van der Waals surface area contributed by atoms with E-state index in [1.54, 1.807) is 0 Å². The Balaban J connectivity index is 2.22. The van der Waals surface area contributed by atoms with E-state index >= 15 is 0 Å². The Morgan fingerprint density at radius 1 is 1.17 bits per heavy atom. The van der Waals surface area contributed by atoms with Gasteiger partial charge in [0.25, 0.3) is 0 Å². The molecule has 0 bridgehead atoms. The van der Waals surface area contributed by atoms with E-state index in [2.05, 4.69) is 24.8 Å². The van der Waals surface area contributed by atoms with Crippen molar-refractivity contribution in [2.75, 3.05) is 19.7 Å². The van der Waals surface area contributed by atoms with Gasteiger partial charge in [0, 0.05) is 18.1 Å². The molecule has 5 nitrogen and oxygen atoms in total. The maximum atomic E-state index is 12.5. The molecule has 0 fully saturated rings. The van der Waals surface area contributed by atoms with Crippen LogP contribution in [0, 0.1) is 0 Å². The van der Waals surface area contributed by atoms with Crippen LogP contribution in [0.3, 0.4) is 0 Å². The number of fused-ring (bicyclic) bond motifs is 3. The van der Waals surface area contributed by atoms with Crippen LogP contribution in [-0.2, 0) is 11.3 Å². The Kier molecular flexibility index (Phi) is 4.81. The third kappa shape index (κ3) is 2.87. The maximum Gasteiger partial charge on any atom is 0.357 e. The summed E-state index contributed by atoms with van der Waals surface area (Å²) in [5.74, 6) is -0.317. The quantitative estimate of drug-likeness (QED) is 0.651. The van der Waals surface area contributed by atoms with Gasteiger partial charge in [0.1, 0.15) is 5.65 Å². The van der Waals surface area contributed by atoms with Gasteiger partial charge in [-0.15, -0.1) is 0 Å². The molecule has 126 valence electrons. The third-order valence-corrected chi connectivity index (χ3v) is 4.32. The lowest BCUT2D eigenvalue weighted by Crippen LogP contribution is -2.24. The van der Waals surface area contributed by atoms with Gasteiger partial charge in [-0.05, 0) is 31.5 Å². The Labute approximate surface area is 141 Å². The highest BCUT2D eigenvalue weighted by atomic mass is 16.5. The van der Waals surface area contributed by atoms with E-state index in [0.717, 1.165) is 35.2 Å². The number of rotatable bonds is 6. The van der Waals surface area contributed by atoms with Gasteiger partial charge in [-0.25, -0.2) is 9.78 Å². The van der Waals surface area contributed by atoms with Crippen LogP contribution >= 0.6 is 0 Å². The Morgan fingerprint density at radius 3 is 2.62 bits per heavy atom. The van der Waals surface area contributed by atoms with Crippen molar-refractivity contribution in [3.63, 3.8) is 0 Å². The van der Waals surface area contributed by atoms with Crippen LogP contribution in [0.2, 0.25) is 0 Å². The van der Waals surface area contributed by atoms with Crippen LogP contribution in [0.15, 0.2) is 36.5 Å². The number of carbonyl (C=O) groups excluding carboxylic acids is 1. The van der Waals surface area contributed by atoms with Crippen LogP contribution in [-0.4, -0.2) is 40.0 Å². The molecule has 3 rings (SSSR count). The predicted octanol–water partition coefficient (Wildman–Crippen LogP) is 3.51. The lowest BCUT2D eigenvalue weighted by Gasteiger charge is -2.17. The molecular weight excluding hydrogens is 302 g/mol. The SMILES string of the molecule is CCOC(=O)c1c(CN(CC)CC)nc2c3ccccc3ccn12. The monoisotopic (exact) mass is 325 g/mol. The summed E-state index contributed by atoms with van der Waals surface area (Å²) in [4.78, 5) is 19.6. The number of benzene rings is 1.